The lowest BCUT2D eigenvalue weighted by Gasteiger charge is -2.35. The van der Waals surface area contributed by atoms with Gasteiger partial charge in [0.05, 0.1) is 21.7 Å². The van der Waals surface area contributed by atoms with Crippen LogP contribution in [0.4, 0.5) is 16.5 Å². The van der Waals surface area contributed by atoms with Gasteiger partial charge in [0.25, 0.3) is 5.69 Å². The van der Waals surface area contributed by atoms with E-state index in [0.717, 1.165) is 42.1 Å². The Hall–Kier alpha value is -3.04. The van der Waals surface area contributed by atoms with Crippen LogP contribution in [0.1, 0.15) is 0 Å². The van der Waals surface area contributed by atoms with E-state index in [-0.39, 0.29) is 11.6 Å². The molecule has 0 unspecified atom stereocenters. The number of carbonyl (C=O) groups excluding carboxylic acids is 1. The number of nitrogens with zero attached hydrogens (tertiary/aromatic N) is 4. The van der Waals surface area contributed by atoms with E-state index < -0.39 is 4.92 Å². The molecule has 0 bridgehead atoms. The minimum Gasteiger partial charge on any atom is -0.369 e. The standard InChI is InChI=1S/C19H19N5O3S/c25-18(21-19-20-16-3-1-2-4-17(16)28-19)13-22-9-11-23(12-10-22)14-5-7-15(8-6-14)24(26)27/h1-8H,9-13H2,(H,20,21,25). The summed E-state index contributed by atoms with van der Waals surface area (Å²) in [7, 11) is 0. The quantitative estimate of drug-likeness (QED) is 0.526. The summed E-state index contributed by atoms with van der Waals surface area (Å²) in [6.07, 6.45) is 0. The fraction of sp³-hybridized carbons (Fsp3) is 0.263. The molecule has 1 N–H and O–H groups in total. The van der Waals surface area contributed by atoms with Gasteiger partial charge in [-0.25, -0.2) is 4.98 Å². The molecule has 2 aromatic carbocycles. The number of carbonyl (C=O) groups is 1. The molecule has 0 aliphatic carbocycles. The smallest absolute Gasteiger partial charge is 0.269 e. The number of nitro benzene ring substituents is 1. The van der Waals surface area contributed by atoms with Gasteiger partial charge in [-0.3, -0.25) is 19.8 Å². The van der Waals surface area contributed by atoms with Crippen LogP contribution < -0.4 is 10.2 Å². The number of benzene rings is 2. The van der Waals surface area contributed by atoms with Crippen molar-refractivity contribution in [3.63, 3.8) is 0 Å². The number of nitrogens with one attached hydrogen (secondary N) is 1. The Balaban J connectivity index is 1.29. The molecule has 1 aliphatic rings. The molecule has 3 aromatic rings. The maximum Gasteiger partial charge on any atom is 0.269 e. The molecule has 8 nitrogen and oxygen atoms in total. The molecule has 4 rings (SSSR count). The fourth-order valence-electron chi connectivity index (χ4n) is 3.24. The van der Waals surface area contributed by atoms with Gasteiger partial charge in [0.2, 0.25) is 5.91 Å². The lowest BCUT2D eigenvalue weighted by Crippen LogP contribution is -2.48. The van der Waals surface area contributed by atoms with Gasteiger partial charge in [-0.15, -0.1) is 0 Å². The predicted molar refractivity (Wildman–Crippen MR) is 110 cm³/mol. The van der Waals surface area contributed by atoms with E-state index in [9.17, 15) is 14.9 Å². The summed E-state index contributed by atoms with van der Waals surface area (Å²) in [6, 6.07) is 14.4. The predicted octanol–water partition coefficient (Wildman–Crippen LogP) is 2.97. The lowest BCUT2D eigenvalue weighted by atomic mass is 10.2. The molecule has 1 saturated heterocycles. The Morgan fingerprint density at radius 3 is 2.50 bits per heavy atom. The number of anilines is 2. The first-order valence-corrected chi connectivity index (χ1v) is 9.77. The molecule has 1 amide bonds. The van der Waals surface area contributed by atoms with Crippen molar-refractivity contribution >= 4 is 44.0 Å². The van der Waals surface area contributed by atoms with Crippen LogP contribution in [0, 0.1) is 10.1 Å². The van der Waals surface area contributed by atoms with Crippen molar-refractivity contribution in [2.24, 2.45) is 0 Å². The molecule has 2 heterocycles. The van der Waals surface area contributed by atoms with Gasteiger partial charge in [0.1, 0.15) is 0 Å². The number of amides is 1. The van der Waals surface area contributed by atoms with Gasteiger partial charge in [-0.05, 0) is 24.3 Å². The highest BCUT2D eigenvalue weighted by atomic mass is 32.1. The first-order valence-electron chi connectivity index (χ1n) is 8.96. The lowest BCUT2D eigenvalue weighted by molar-refractivity contribution is -0.384. The maximum absolute atomic E-state index is 12.3. The molecule has 1 aliphatic heterocycles. The molecule has 0 radical (unpaired) electrons. The van der Waals surface area contributed by atoms with Crippen LogP contribution in [-0.4, -0.2) is 53.4 Å². The number of non-ortho nitro benzene ring substituents is 1. The minimum absolute atomic E-state index is 0.0668. The average molecular weight is 397 g/mol. The van der Waals surface area contributed by atoms with Crippen molar-refractivity contribution in [3.05, 3.63) is 58.6 Å². The fourth-order valence-corrected chi connectivity index (χ4v) is 4.12. The third kappa shape index (κ3) is 4.10. The Morgan fingerprint density at radius 2 is 1.82 bits per heavy atom. The maximum atomic E-state index is 12.3. The second-order valence-corrected chi connectivity index (χ2v) is 7.60. The van der Waals surface area contributed by atoms with Gasteiger partial charge < -0.3 is 10.2 Å². The molecular weight excluding hydrogens is 378 g/mol. The summed E-state index contributed by atoms with van der Waals surface area (Å²) >= 11 is 1.47. The number of aromatic nitrogens is 1. The second-order valence-electron chi connectivity index (χ2n) is 6.57. The van der Waals surface area contributed by atoms with Crippen LogP contribution in [-0.2, 0) is 4.79 Å². The van der Waals surface area contributed by atoms with E-state index >= 15 is 0 Å². The number of rotatable bonds is 5. The summed E-state index contributed by atoms with van der Waals surface area (Å²) in [6.45, 7) is 3.37. The monoisotopic (exact) mass is 397 g/mol. The summed E-state index contributed by atoms with van der Waals surface area (Å²) in [5, 5.41) is 14.3. The summed E-state index contributed by atoms with van der Waals surface area (Å²) < 4.78 is 1.05. The summed E-state index contributed by atoms with van der Waals surface area (Å²) in [5.41, 5.74) is 1.94. The van der Waals surface area contributed by atoms with Gasteiger partial charge >= 0.3 is 0 Å². The zero-order valence-electron chi connectivity index (χ0n) is 15.1. The van der Waals surface area contributed by atoms with E-state index in [1.807, 2.05) is 24.3 Å². The topological polar surface area (TPSA) is 91.6 Å². The van der Waals surface area contributed by atoms with Crippen LogP contribution in [0.2, 0.25) is 0 Å². The third-order valence-electron chi connectivity index (χ3n) is 4.71. The van der Waals surface area contributed by atoms with Crippen LogP contribution in [0.15, 0.2) is 48.5 Å². The van der Waals surface area contributed by atoms with E-state index in [0.29, 0.717) is 11.7 Å². The Morgan fingerprint density at radius 1 is 1.11 bits per heavy atom. The number of fused-ring (bicyclic) bond motifs is 1. The van der Waals surface area contributed by atoms with Gasteiger partial charge in [0, 0.05) is 44.0 Å². The van der Waals surface area contributed by atoms with Gasteiger partial charge in [0.15, 0.2) is 5.13 Å². The molecule has 1 fully saturated rings. The highest BCUT2D eigenvalue weighted by Gasteiger charge is 2.20. The van der Waals surface area contributed by atoms with Gasteiger partial charge in [-0.1, -0.05) is 23.5 Å². The normalized spacial score (nSPS) is 14.9. The van der Waals surface area contributed by atoms with Gasteiger partial charge in [-0.2, -0.15) is 0 Å². The van der Waals surface area contributed by atoms with Crippen molar-refractivity contribution in [2.45, 2.75) is 0 Å². The second kappa shape index (κ2) is 7.91. The average Bonchev–Trinajstić information content (AvgIpc) is 3.10. The summed E-state index contributed by atoms with van der Waals surface area (Å²) in [4.78, 5) is 31.4. The third-order valence-corrected chi connectivity index (χ3v) is 5.66. The van der Waals surface area contributed by atoms with Crippen molar-refractivity contribution in [1.29, 1.82) is 0 Å². The zero-order valence-corrected chi connectivity index (χ0v) is 15.9. The van der Waals surface area contributed by atoms with Crippen LogP contribution in [0.3, 0.4) is 0 Å². The minimum atomic E-state index is -0.397. The number of thiazole rings is 1. The highest BCUT2D eigenvalue weighted by molar-refractivity contribution is 7.22. The van der Waals surface area contributed by atoms with Crippen LogP contribution >= 0.6 is 11.3 Å². The number of hydrogen-bond donors (Lipinski definition) is 1. The number of para-hydroxylation sites is 1. The summed E-state index contributed by atoms with van der Waals surface area (Å²) in [5.74, 6) is -0.0668. The molecule has 9 heteroatoms. The van der Waals surface area contributed by atoms with E-state index in [1.165, 1.54) is 23.5 Å². The molecule has 0 atom stereocenters. The van der Waals surface area contributed by atoms with Crippen molar-refractivity contribution in [1.82, 2.24) is 9.88 Å². The molecule has 144 valence electrons. The van der Waals surface area contributed by atoms with Crippen molar-refractivity contribution in [2.75, 3.05) is 42.9 Å². The van der Waals surface area contributed by atoms with E-state index in [2.05, 4.69) is 20.1 Å². The molecule has 28 heavy (non-hydrogen) atoms. The largest absolute Gasteiger partial charge is 0.369 e. The Kier molecular flexibility index (Phi) is 5.18. The first kappa shape index (κ1) is 18.3. The Labute approximate surface area is 165 Å². The van der Waals surface area contributed by atoms with Crippen molar-refractivity contribution < 1.29 is 9.72 Å². The molecule has 0 saturated carbocycles. The van der Waals surface area contributed by atoms with Crippen molar-refractivity contribution in [3.8, 4) is 0 Å². The zero-order chi connectivity index (χ0) is 19.5. The number of nitro groups is 1. The number of hydrogen-bond acceptors (Lipinski definition) is 7. The van der Waals surface area contributed by atoms with Crippen LogP contribution in [0.25, 0.3) is 10.2 Å². The Bertz CT molecular complexity index is 963. The number of piperazine rings is 1. The molecule has 0 spiro atoms. The molecule has 1 aromatic heterocycles. The first-order chi connectivity index (χ1) is 13.6. The molecular formula is C19H19N5O3S. The highest BCUT2D eigenvalue weighted by Crippen LogP contribution is 2.25. The van der Waals surface area contributed by atoms with E-state index in [4.69, 9.17) is 0 Å². The van der Waals surface area contributed by atoms with Crippen LogP contribution in [0.5, 0.6) is 0 Å². The van der Waals surface area contributed by atoms with E-state index in [1.54, 1.807) is 12.1 Å². The SMILES string of the molecule is O=C(CN1CCN(c2ccc([N+](=O)[O-])cc2)CC1)Nc1nc2ccccc2s1.